The SMILES string of the molecule is COCC(N)C(=O)Nc1cccc(COc2ccc3c(c2)OCO3)c1. The quantitative estimate of drug-likeness (QED) is 0.797. The summed E-state index contributed by atoms with van der Waals surface area (Å²) in [4.78, 5) is 11.9. The molecule has 1 amide bonds. The number of methoxy groups -OCH3 is 1. The molecule has 0 aromatic heterocycles. The molecule has 132 valence electrons. The van der Waals surface area contributed by atoms with E-state index < -0.39 is 6.04 Å². The van der Waals surface area contributed by atoms with Crippen LogP contribution in [-0.2, 0) is 16.1 Å². The van der Waals surface area contributed by atoms with Gasteiger partial charge >= 0.3 is 0 Å². The Morgan fingerprint density at radius 1 is 1.24 bits per heavy atom. The summed E-state index contributed by atoms with van der Waals surface area (Å²) in [5, 5.41) is 2.76. The average molecular weight is 344 g/mol. The number of nitrogens with one attached hydrogen (secondary N) is 1. The van der Waals surface area contributed by atoms with Crippen molar-refractivity contribution in [1.29, 1.82) is 0 Å². The van der Waals surface area contributed by atoms with E-state index in [0.29, 0.717) is 29.5 Å². The molecular weight excluding hydrogens is 324 g/mol. The number of rotatable bonds is 7. The van der Waals surface area contributed by atoms with Gasteiger partial charge in [0.25, 0.3) is 0 Å². The molecule has 1 aliphatic heterocycles. The molecule has 0 bridgehead atoms. The Morgan fingerprint density at radius 2 is 2.08 bits per heavy atom. The van der Waals surface area contributed by atoms with Gasteiger partial charge in [-0.25, -0.2) is 0 Å². The van der Waals surface area contributed by atoms with Crippen LogP contribution in [0.4, 0.5) is 5.69 Å². The molecule has 25 heavy (non-hydrogen) atoms. The molecule has 2 aromatic rings. The summed E-state index contributed by atoms with van der Waals surface area (Å²) >= 11 is 0. The number of hydrogen-bond acceptors (Lipinski definition) is 6. The Kier molecular flexibility index (Phi) is 5.37. The molecule has 2 aromatic carbocycles. The lowest BCUT2D eigenvalue weighted by molar-refractivity contribution is -0.118. The Hall–Kier alpha value is -2.77. The zero-order valence-corrected chi connectivity index (χ0v) is 13.9. The Bertz CT molecular complexity index is 750. The molecule has 1 unspecified atom stereocenters. The number of carbonyl (C=O) groups is 1. The lowest BCUT2D eigenvalue weighted by Crippen LogP contribution is -2.39. The summed E-state index contributed by atoms with van der Waals surface area (Å²) in [5.41, 5.74) is 7.28. The maximum Gasteiger partial charge on any atom is 0.243 e. The molecule has 1 atom stereocenters. The lowest BCUT2D eigenvalue weighted by Gasteiger charge is -2.12. The number of anilines is 1. The van der Waals surface area contributed by atoms with Gasteiger partial charge in [-0.1, -0.05) is 12.1 Å². The van der Waals surface area contributed by atoms with Gasteiger partial charge in [0.05, 0.1) is 6.61 Å². The van der Waals surface area contributed by atoms with Crippen LogP contribution >= 0.6 is 0 Å². The van der Waals surface area contributed by atoms with E-state index in [0.717, 1.165) is 5.56 Å². The lowest BCUT2D eigenvalue weighted by atomic mass is 10.2. The maximum atomic E-state index is 11.9. The van der Waals surface area contributed by atoms with Crippen LogP contribution in [0.3, 0.4) is 0 Å². The van der Waals surface area contributed by atoms with Gasteiger partial charge in [-0.05, 0) is 29.8 Å². The Balaban J connectivity index is 1.59. The van der Waals surface area contributed by atoms with Crippen LogP contribution < -0.4 is 25.3 Å². The van der Waals surface area contributed by atoms with E-state index in [9.17, 15) is 4.79 Å². The smallest absolute Gasteiger partial charge is 0.243 e. The number of carbonyl (C=O) groups excluding carboxylic acids is 1. The highest BCUT2D eigenvalue weighted by molar-refractivity contribution is 5.94. The van der Waals surface area contributed by atoms with Crippen molar-refractivity contribution in [2.75, 3.05) is 25.8 Å². The van der Waals surface area contributed by atoms with Gasteiger partial charge in [0.2, 0.25) is 12.7 Å². The van der Waals surface area contributed by atoms with Crippen LogP contribution in [0.5, 0.6) is 17.2 Å². The second kappa shape index (κ2) is 7.87. The van der Waals surface area contributed by atoms with Crippen LogP contribution in [0.2, 0.25) is 0 Å². The summed E-state index contributed by atoms with van der Waals surface area (Å²) in [7, 11) is 1.50. The van der Waals surface area contributed by atoms with E-state index in [1.54, 1.807) is 12.1 Å². The zero-order valence-electron chi connectivity index (χ0n) is 13.9. The summed E-state index contributed by atoms with van der Waals surface area (Å²) < 4.78 is 21.2. The van der Waals surface area contributed by atoms with Crippen molar-refractivity contribution in [2.45, 2.75) is 12.6 Å². The van der Waals surface area contributed by atoms with E-state index >= 15 is 0 Å². The predicted molar refractivity (Wildman–Crippen MR) is 91.8 cm³/mol. The largest absolute Gasteiger partial charge is 0.489 e. The first kappa shape index (κ1) is 17.1. The topological polar surface area (TPSA) is 92.0 Å². The average Bonchev–Trinajstić information content (AvgIpc) is 3.08. The van der Waals surface area contributed by atoms with E-state index in [1.807, 2.05) is 30.3 Å². The zero-order chi connectivity index (χ0) is 17.6. The van der Waals surface area contributed by atoms with Gasteiger partial charge in [-0.3, -0.25) is 4.79 Å². The van der Waals surface area contributed by atoms with E-state index in [1.165, 1.54) is 7.11 Å². The number of benzene rings is 2. The molecule has 1 heterocycles. The number of amides is 1. The van der Waals surface area contributed by atoms with Gasteiger partial charge in [0, 0.05) is 18.9 Å². The Labute approximate surface area is 145 Å². The number of hydrogen-bond donors (Lipinski definition) is 2. The van der Waals surface area contributed by atoms with Gasteiger partial charge in [0.1, 0.15) is 18.4 Å². The third-order valence-electron chi connectivity index (χ3n) is 3.63. The van der Waals surface area contributed by atoms with E-state index in [-0.39, 0.29) is 19.3 Å². The molecule has 1 aliphatic rings. The van der Waals surface area contributed by atoms with Gasteiger partial charge in [-0.2, -0.15) is 0 Å². The number of ether oxygens (including phenoxy) is 4. The van der Waals surface area contributed by atoms with Crippen molar-refractivity contribution < 1.29 is 23.7 Å². The van der Waals surface area contributed by atoms with Crippen LogP contribution in [0.15, 0.2) is 42.5 Å². The molecule has 7 nitrogen and oxygen atoms in total. The highest BCUT2D eigenvalue weighted by Gasteiger charge is 2.14. The minimum absolute atomic E-state index is 0.165. The predicted octanol–water partition coefficient (Wildman–Crippen LogP) is 1.91. The first-order valence-corrected chi connectivity index (χ1v) is 7.82. The van der Waals surface area contributed by atoms with E-state index in [2.05, 4.69) is 5.32 Å². The molecule has 3 rings (SSSR count). The molecule has 0 aliphatic carbocycles. The van der Waals surface area contributed by atoms with Gasteiger partial charge in [-0.15, -0.1) is 0 Å². The number of fused-ring (bicyclic) bond motifs is 1. The first-order chi connectivity index (χ1) is 12.2. The van der Waals surface area contributed by atoms with Crippen molar-refractivity contribution in [3.8, 4) is 17.2 Å². The number of nitrogens with two attached hydrogens (primary N) is 1. The Morgan fingerprint density at radius 3 is 2.92 bits per heavy atom. The fourth-order valence-electron chi connectivity index (χ4n) is 2.36. The summed E-state index contributed by atoms with van der Waals surface area (Å²) in [5.74, 6) is 1.77. The minimum Gasteiger partial charge on any atom is -0.489 e. The third-order valence-corrected chi connectivity index (χ3v) is 3.63. The molecule has 0 saturated carbocycles. The summed E-state index contributed by atoms with van der Waals surface area (Å²) in [6.45, 7) is 0.748. The molecule has 3 N–H and O–H groups in total. The van der Waals surface area contributed by atoms with Crippen LogP contribution in [0.1, 0.15) is 5.56 Å². The fraction of sp³-hybridized carbons (Fsp3) is 0.278. The van der Waals surface area contributed by atoms with Crippen LogP contribution in [-0.4, -0.2) is 32.5 Å². The normalized spacial score (nSPS) is 13.4. The standard InChI is InChI=1S/C18H20N2O5/c1-22-10-15(19)18(21)20-13-4-2-3-12(7-13)9-23-14-5-6-16-17(8-14)25-11-24-16/h2-8,15H,9-11,19H2,1H3,(H,20,21). The van der Waals surface area contributed by atoms with Crippen LogP contribution in [0.25, 0.3) is 0 Å². The molecule has 0 fully saturated rings. The second-order valence-electron chi connectivity index (χ2n) is 5.56. The summed E-state index contributed by atoms with van der Waals surface area (Å²) in [6.07, 6.45) is 0. The van der Waals surface area contributed by atoms with Crippen molar-refractivity contribution >= 4 is 11.6 Å². The first-order valence-electron chi connectivity index (χ1n) is 7.82. The third kappa shape index (κ3) is 4.40. The maximum absolute atomic E-state index is 11.9. The van der Waals surface area contributed by atoms with Crippen molar-refractivity contribution in [3.63, 3.8) is 0 Å². The van der Waals surface area contributed by atoms with E-state index in [4.69, 9.17) is 24.7 Å². The van der Waals surface area contributed by atoms with Crippen LogP contribution in [0, 0.1) is 0 Å². The second-order valence-corrected chi connectivity index (χ2v) is 5.56. The molecule has 0 spiro atoms. The highest BCUT2D eigenvalue weighted by Crippen LogP contribution is 2.35. The van der Waals surface area contributed by atoms with Gasteiger partial charge < -0.3 is 30.0 Å². The molecule has 7 heteroatoms. The van der Waals surface area contributed by atoms with Crippen molar-refractivity contribution in [2.24, 2.45) is 5.73 Å². The monoisotopic (exact) mass is 344 g/mol. The highest BCUT2D eigenvalue weighted by atomic mass is 16.7. The summed E-state index contributed by atoms with van der Waals surface area (Å²) in [6, 6.07) is 12.1. The molecule has 0 radical (unpaired) electrons. The van der Waals surface area contributed by atoms with Gasteiger partial charge in [0.15, 0.2) is 11.5 Å². The minimum atomic E-state index is -0.710. The molecule has 0 saturated heterocycles. The fourth-order valence-corrected chi connectivity index (χ4v) is 2.36. The molecular formula is C18H20N2O5. The van der Waals surface area contributed by atoms with Crippen molar-refractivity contribution in [1.82, 2.24) is 0 Å². The van der Waals surface area contributed by atoms with Crippen molar-refractivity contribution in [3.05, 3.63) is 48.0 Å².